The highest BCUT2D eigenvalue weighted by Gasteiger charge is 2.08. The minimum atomic E-state index is 0.236. The molecular formula is C17H24N4. The van der Waals surface area contributed by atoms with E-state index in [1.54, 1.807) is 11.2 Å². The van der Waals surface area contributed by atoms with Crippen LogP contribution in [-0.2, 0) is 0 Å². The van der Waals surface area contributed by atoms with Crippen LogP contribution in [0.3, 0.4) is 0 Å². The number of amidine groups is 1. The molecule has 3 N–H and O–H groups in total. The van der Waals surface area contributed by atoms with E-state index in [2.05, 4.69) is 35.2 Å². The Balaban J connectivity index is 2.16. The van der Waals surface area contributed by atoms with Crippen molar-refractivity contribution < 1.29 is 0 Å². The van der Waals surface area contributed by atoms with Gasteiger partial charge in [-0.1, -0.05) is 36.9 Å². The highest BCUT2D eigenvalue weighted by atomic mass is 15.5. The van der Waals surface area contributed by atoms with Crippen LogP contribution in [0.25, 0.3) is 5.57 Å². The van der Waals surface area contributed by atoms with Crippen molar-refractivity contribution >= 4 is 11.4 Å². The summed E-state index contributed by atoms with van der Waals surface area (Å²) in [7, 11) is 0. The number of hydrogen-bond donors (Lipinski definition) is 2. The molecule has 0 aromatic heterocycles. The fourth-order valence-electron chi connectivity index (χ4n) is 2.29. The van der Waals surface area contributed by atoms with E-state index in [9.17, 15) is 0 Å². The minimum absolute atomic E-state index is 0.236. The molecule has 1 aromatic rings. The maximum atomic E-state index is 6.07. The maximum absolute atomic E-state index is 6.07. The smallest absolute Gasteiger partial charge is 0.151 e. The van der Waals surface area contributed by atoms with Crippen molar-refractivity contribution in [1.82, 2.24) is 10.3 Å². The van der Waals surface area contributed by atoms with Crippen molar-refractivity contribution in [2.75, 3.05) is 13.1 Å². The van der Waals surface area contributed by atoms with Gasteiger partial charge in [-0.05, 0) is 37.9 Å². The maximum Gasteiger partial charge on any atom is 0.151 e. The van der Waals surface area contributed by atoms with Crippen LogP contribution in [0.2, 0.25) is 0 Å². The molecule has 0 saturated heterocycles. The Hall–Kier alpha value is -2.07. The van der Waals surface area contributed by atoms with Gasteiger partial charge in [0.1, 0.15) is 0 Å². The number of hydrogen-bond acceptors (Lipinski definition) is 3. The number of nitrogens with two attached hydrogens (primary N) is 1. The number of benzene rings is 1. The van der Waals surface area contributed by atoms with Gasteiger partial charge in [0, 0.05) is 24.4 Å². The number of nitrogens with one attached hydrogen (secondary N) is 1. The largest absolute Gasteiger partial charge is 0.382 e. The summed E-state index contributed by atoms with van der Waals surface area (Å²) in [4.78, 5) is 0. The van der Waals surface area contributed by atoms with Gasteiger partial charge in [0.25, 0.3) is 0 Å². The number of rotatable bonds is 5. The van der Waals surface area contributed by atoms with Crippen LogP contribution in [0.4, 0.5) is 0 Å². The van der Waals surface area contributed by atoms with E-state index >= 15 is 0 Å². The van der Waals surface area contributed by atoms with Gasteiger partial charge in [-0.15, -0.1) is 0 Å². The SMILES string of the molecule is C=CN(/N=C(\N)c1ccc(C2=CCNCC2)cc1)C(C)C. The monoisotopic (exact) mass is 284 g/mol. The molecule has 1 aliphatic rings. The first-order valence-electron chi connectivity index (χ1n) is 7.37. The van der Waals surface area contributed by atoms with Crippen molar-refractivity contribution in [3.05, 3.63) is 54.2 Å². The van der Waals surface area contributed by atoms with Gasteiger partial charge < -0.3 is 11.1 Å². The molecule has 4 nitrogen and oxygen atoms in total. The second-order valence-electron chi connectivity index (χ2n) is 5.40. The van der Waals surface area contributed by atoms with E-state index in [4.69, 9.17) is 5.73 Å². The van der Waals surface area contributed by atoms with E-state index in [-0.39, 0.29) is 6.04 Å². The van der Waals surface area contributed by atoms with Gasteiger partial charge in [0.2, 0.25) is 0 Å². The highest BCUT2D eigenvalue weighted by Crippen LogP contribution is 2.20. The first-order valence-corrected chi connectivity index (χ1v) is 7.37. The van der Waals surface area contributed by atoms with Crippen LogP contribution in [0.5, 0.6) is 0 Å². The average Bonchev–Trinajstić information content (AvgIpc) is 2.53. The third-order valence-electron chi connectivity index (χ3n) is 3.55. The summed E-state index contributed by atoms with van der Waals surface area (Å²) in [6.45, 7) is 9.84. The Labute approximate surface area is 127 Å². The molecule has 0 unspecified atom stereocenters. The van der Waals surface area contributed by atoms with Crippen LogP contribution in [-0.4, -0.2) is 30.0 Å². The summed E-state index contributed by atoms with van der Waals surface area (Å²) in [5.41, 5.74) is 9.66. The fourth-order valence-corrected chi connectivity index (χ4v) is 2.29. The van der Waals surface area contributed by atoms with Crippen LogP contribution in [0, 0.1) is 0 Å². The lowest BCUT2D eigenvalue weighted by molar-refractivity contribution is 0.328. The third kappa shape index (κ3) is 3.95. The fraction of sp³-hybridized carbons (Fsp3) is 0.353. The van der Waals surface area contributed by atoms with Gasteiger partial charge in [-0.25, -0.2) is 0 Å². The van der Waals surface area contributed by atoms with E-state index in [1.165, 1.54) is 11.1 Å². The molecular weight excluding hydrogens is 260 g/mol. The van der Waals surface area contributed by atoms with Crippen molar-refractivity contribution in [3.8, 4) is 0 Å². The summed E-state index contributed by atoms with van der Waals surface area (Å²) < 4.78 is 0. The Kier molecular flexibility index (Phi) is 5.17. The molecule has 0 bridgehead atoms. The van der Waals surface area contributed by atoms with Gasteiger partial charge in [-0.2, -0.15) is 5.10 Å². The molecule has 2 rings (SSSR count). The quantitative estimate of drug-likeness (QED) is 0.496. The van der Waals surface area contributed by atoms with Crippen LogP contribution in [0.15, 0.2) is 48.2 Å². The van der Waals surface area contributed by atoms with Gasteiger partial charge in [0.05, 0.1) is 0 Å². The molecule has 0 fully saturated rings. The lowest BCUT2D eigenvalue weighted by Gasteiger charge is -2.19. The molecule has 1 aromatic carbocycles. The molecule has 4 heteroatoms. The Bertz CT molecular complexity index is 540. The van der Waals surface area contributed by atoms with E-state index in [0.717, 1.165) is 25.1 Å². The van der Waals surface area contributed by atoms with Crippen molar-refractivity contribution in [1.29, 1.82) is 0 Å². The third-order valence-corrected chi connectivity index (χ3v) is 3.55. The normalized spacial score (nSPS) is 15.8. The average molecular weight is 284 g/mol. The first-order chi connectivity index (χ1) is 10.1. The van der Waals surface area contributed by atoms with Gasteiger partial charge in [-0.3, -0.25) is 5.01 Å². The lowest BCUT2D eigenvalue weighted by atomic mass is 9.99. The molecule has 0 atom stereocenters. The summed E-state index contributed by atoms with van der Waals surface area (Å²) in [5.74, 6) is 0.509. The molecule has 21 heavy (non-hydrogen) atoms. The zero-order valence-corrected chi connectivity index (χ0v) is 12.8. The lowest BCUT2D eigenvalue weighted by Crippen LogP contribution is -2.25. The van der Waals surface area contributed by atoms with Crippen molar-refractivity contribution in [2.45, 2.75) is 26.3 Å². The second-order valence-corrected chi connectivity index (χ2v) is 5.40. The summed E-state index contributed by atoms with van der Waals surface area (Å²) in [6.07, 6.45) is 5.00. The van der Waals surface area contributed by atoms with Crippen LogP contribution in [0.1, 0.15) is 31.4 Å². The molecule has 112 valence electrons. The molecule has 0 saturated carbocycles. The summed E-state index contributed by atoms with van der Waals surface area (Å²) in [5, 5.41) is 9.48. The summed E-state index contributed by atoms with van der Waals surface area (Å²) in [6, 6.07) is 8.52. The molecule has 0 aliphatic carbocycles. The van der Waals surface area contributed by atoms with Gasteiger partial charge >= 0.3 is 0 Å². The molecule has 0 radical (unpaired) electrons. The first kappa shape index (κ1) is 15.3. The zero-order chi connectivity index (χ0) is 15.2. The zero-order valence-electron chi connectivity index (χ0n) is 12.8. The topological polar surface area (TPSA) is 53.6 Å². The number of nitrogens with zero attached hydrogens (tertiary/aromatic N) is 2. The Morgan fingerprint density at radius 2 is 2.10 bits per heavy atom. The molecule has 0 amide bonds. The van der Waals surface area contributed by atoms with E-state index in [1.807, 2.05) is 26.0 Å². The second kappa shape index (κ2) is 7.09. The standard InChI is InChI=1S/C17H24N4/c1-4-21(13(2)3)20-17(18)16-7-5-14(6-8-16)15-9-11-19-12-10-15/h4-9,13,19H,1,10-12H2,2-3H3,(H2,18,20). The highest BCUT2D eigenvalue weighted by molar-refractivity contribution is 5.97. The predicted octanol–water partition coefficient (Wildman–Crippen LogP) is 2.54. The minimum Gasteiger partial charge on any atom is -0.382 e. The van der Waals surface area contributed by atoms with E-state index < -0.39 is 0 Å². The Morgan fingerprint density at radius 3 is 2.62 bits per heavy atom. The van der Waals surface area contributed by atoms with E-state index in [0.29, 0.717) is 5.84 Å². The molecule has 0 spiro atoms. The Morgan fingerprint density at radius 1 is 1.38 bits per heavy atom. The van der Waals surface area contributed by atoms with Crippen LogP contribution < -0.4 is 11.1 Å². The predicted molar refractivity (Wildman–Crippen MR) is 89.8 cm³/mol. The van der Waals surface area contributed by atoms with Gasteiger partial charge in [0.15, 0.2) is 5.84 Å². The molecule has 1 aliphatic heterocycles. The van der Waals surface area contributed by atoms with Crippen molar-refractivity contribution in [2.24, 2.45) is 10.8 Å². The summed E-state index contributed by atoms with van der Waals surface area (Å²) >= 11 is 0. The molecule has 1 heterocycles. The van der Waals surface area contributed by atoms with Crippen LogP contribution >= 0.6 is 0 Å². The number of hydrazone groups is 1. The van der Waals surface area contributed by atoms with Crippen molar-refractivity contribution in [3.63, 3.8) is 0 Å².